The monoisotopic (exact) mass is 394 g/mol. The van der Waals surface area contributed by atoms with Gasteiger partial charge < -0.3 is 39.9 Å². The summed E-state index contributed by atoms with van der Waals surface area (Å²) < 4.78 is 10.7. The second-order valence-electron chi connectivity index (χ2n) is 5.17. The first-order valence-electron chi connectivity index (χ1n) is 7.14. The Kier molecular flexibility index (Phi) is 25.9. The molecule has 0 heterocycles. The van der Waals surface area contributed by atoms with E-state index in [0.717, 1.165) is 37.9 Å². The molecule has 19 heavy (non-hydrogen) atoms. The minimum Gasteiger partial charge on any atom is -1.00 e. The van der Waals surface area contributed by atoms with E-state index in [1.165, 1.54) is 19.3 Å². The summed E-state index contributed by atoms with van der Waals surface area (Å²) in [4.78, 5) is 0. The summed E-state index contributed by atoms with van der Waals surface area (Å²) in [6.45, 7) is 11.0. The van der Waals surface area contributed by atoms with Gasteiger partial charge in [0.15, 0.2) is 0 Å². The van der Waals surface area contributed by atoms with Crippen LogP contribution in [0.4, 0.5) is 0 Å². The Bertz CT molecular complexity index is 159. The van der Waals surface area contributed by atoms with Crippen LogP contribution in [-0.4, -0.2) is 43.1 Å². The van der Waals surface area contributed by atoms with E-state index in [9.17, 15) is 0 Å². The zero-order valence-corrected chi connectivity index (χ0v) is 16.9. The summed E-state index contributed by atoms with van der Waals surface area (Å²) in [6.07, 6.45) is 8.32. The van der Waals surface area contributed by atoms with Gasteiger partial charge in [-0.15, -0.1) is 0 Å². The number of hydrogen-bond donors (Lipinski definition) is 0. The average Bonchev–Trinajstić information content (AvgIpc) is 2.28. The van der Waals surface area contributed by atoms with Crippen LogP contribution in [0, 0.1) is 18.3 Å². The van der Waals surface area contributed by atoms with Gasteiger partial charge in [-0.05, 0) is 25.2 Å². The van der Waals surface area contributed by atoms with Gasteiger partial charge in [-0.3, -0.25) is 0 Å². The van der Waals surface area contributed by atoms with E-state index in [2.05, 4.69) is 34.1 Å². The molecule has 0 aliphatic heterocycles. The fourth-order valence-electron chi connectivity index (χ4n) is 2.16. The maximum Gasteiger partial charge on any atom is 2.00 e. The largest absolute Gasteiger partial charge is 2.00 e. The fraction of sp³-hybridized carbons (Fsp3) is 0.933. The van der Waals surface area contributed by atoms with Gasteiger partial charge in [0, 0.05) is 13.2 Å². The molecule has 4 heteroatoms. The van der Waals surface area contributed by atoms with Crippen LogP contribution in [0.25, 0.3) is 0 Å². The van der Waals surface area contributed by atoms with Crippen LogP contribution in [-0.2, 0) is 9.47 Å². The Labute approximate surface area is 153 Å². The first-order chi connectivity index (χ1) is 8.20. The molecule has 0 spiro atoms. The topological polar surface area (TPSA) is 18.5 Å². The van der Waals surface area contributed by atoms with Crippen molar-refractivity contribution in [1.29, 1.82) is 0 Å². The first kappa shape index (κ1) is 25.4. The normalized spacial score (nSPS) is 13.3. The number of hydrogen-bond acceptors (Lipinski definition) is 2. The predicted molar refractivity (Wildman–Crippen MR) is 79.6 cm³/mol. The summed E-state index contributed by atoms with van der Waals surface area (Å²) in [5.74, 6) is 1.63. The van der Waals surface area contributed by atoms with E-state index in [-0.39, 0.29) is 47.0 Å². The Morgan fingerprint density at radius 1 is 1.05 bits per heavy atom. The molecule has 2 unspecified atom stereocenters. The molecule has 2 atom stereocenters. The molecule has 0 aromatic carbocycles. The maximum absolute atomic E-state index is 5.41. The maximum atomic E-state index is 5.41. The Balaban J connectivity index is -0.00000128. The van der Waals surface area contributed by atoms with Crippen LogP contribution in [0.1, 0.15) is 59.8 Å². The molecule has 0 bridgehead atoms. The van der Waals surface area contributed by atoms with E-state index in [1.807, 2.05) is 0 Å². The number of rotatable bonds is 12. The van der Waals surface area contributed by atoms with Gasteiger partial charge in [-0.2, -0.15) is 13.3 Å². The molecule has 0 fully saturated rings. The van der Waals surface area contributed by atoms with E-state index in [4.69, 9.17) is 9.47 Å². The second-order valence-corrected chi connectivity index (χ2v) is 5.17. The molecule has 0 aromatic heterocycles. The summed E-state index contributed by atoms with van der Waals surface area (Å²) in [6, 6.07) is 0. The molecule has 0 saturated carbocycles. The molecule has 112 valence electrons. The summed E-state index contributed by atoms with van der Waals surface area (Å²) >= 11 is 0. The van der Waals surface area contributed by atoms with Gasteiger partial charge in [0.2, 0.25) is 0 Å². The molecular weight excluding hydrogens is 363 g/mol. The minimum atomic E-state index is 0. The van der Waals surface area contributed by atoms with E-state index < -0.39 is 0 Å². The molecule has 0 aromatic rings. The van der Waals surface area contributed by atoms with Crippen molar-refractivity contribution in [3.8, 4) is 0 Å². The van der Waals surface area contributed by atoms with Crippen LogP contribution in [0.5, 0.6) is 0 Å². The molecule has 0 rings (SSSR count). The van der Waals surface area contributed by atoms with Gasteiger partial charge >= 0.3 is 23.1 Å². The Morgan fingerprint density at radius 3 is 2.26 bits per heavy atom. The summed E-state index contributed by atoms with van der Waals surface area (Å²) in [5.41, 5.74) is 0. The molecule has 0 aliphatic rings. The van der Waals surface area contributed by atoms with Crippen molar-refractivity contribution in [2.75, 3.05) is 20.0 Å². The van der Waals surface area contributed by atoms with Gasteiger partial charge in [0.1, 0.15) is 6.79 Å². The van der Waals surface area contributed by atoms with Crippen molar-refractivity contribution in [3.05, 3.63) is 6.42 Å². The molecule has 0 radical (unpaired) electrons. The summed E-state index contributed by atoms with van der Waals surface area (Å²) in [5, 5.41) is 0. The zero-order chi connectivity index (χ0) is 12.9. The molecule has 0 saturated heterocycles. The summed E-state index contributed by atoms with van der Waals surface area (Å²) in [7, 11) is 0. The zero-order valence-electron chi connectivity index (χ0n) is 13.3. The third-order valence-electron chi connectivity index (χ3n) is 2.94. The van der Waals surface area contributed by atoms with E-state index >= 15 is 0 Å². The smallest absolute Gasteiger partial charge is 1.00 e. The van der Waals surface area contributed by atoms with E-state index in [0.29, 0.717) is 6.79 Å². The quantitative estimate of drug-likeness (QED) is 0.162. The Hall–Kier alpha value is 1.42. The molecule has 0 amide bonds. The van der Waals surface area contributed by atoms with Crippen molar-refractivity contribution in [2.45, 2.75) is 59.8 Å². The van der Waals surface area contributed by atoms with Crippen LogP contribution in [0.2, 0.25) is 0 Å². The van der Waals surface area contributed by atoms with Crippen LogP contribution in [0.15, 0.2) is 0 Å². The molecule has 0 N–H and O–H groups in total. The third-order valence-corrected chi connectivity index (χ3v) is 2.94. The van der Waals surface area contributed by atoms with Gasteiger partial charge in [-0.25, -0.2) is 0 Å². The third kappa shape index (κ3) is 19.4. The number of ether oxygens (including phenoxy) is 2. The Morgan fingerprint density at radius 2 is 1.68 bits per heavy atom. The van der Waals surface area contributed by atoms with Gasteiger partial charge in [0.25, 0.3) is 0 Å². The van der Waals surface area contributed by atoms with E-state index in [1.54, 1.807) is 0 Å². The van der Waals surface area contributed by atoms with Crippen molar-refractivity contribution < 1.29 is 33.5 Å². The van der Waals surface area contributed by atoms with Crippen molar-refractivity contribution in [2.24, 2.45) is 11.8 Å². The van der Waals surface area contributed by atoms with Gasteiger partial charge in [0.05, 0.1) is 0 Å². The van der Waals surface area contributed by atoms with Crippen LogP contribution < -0.4 is 24.0 Å². The van der Waals surface area contributed by atoms with Crippen molar-refractivity contribution in [3.63, 3.8) is 0 Å². The molecule has 2 nitrogen and oxygen atoms in total. The first-order valence-corrected chi connectivity index (χ1v) is 7.14. The van der Waals surface area contributed by atoms with Crippen molar-refractivity contribution in [1.82, 2.24) is 0 Å². The van der Waals surface area contributed by atoms with Gasteiger partial charge in [-0.1, -0.05) is 33.1 Å². The van der Waals surface area contributed by atoms with Crippen LogP contribution in [0.3, 0.4) is 0 Å². The second kappa shape index (κ2) is 19.4. The van der Waals surface area contributed by atoms with Crippen LogP contribution >= 0.6 is 0 Å². The molecule has 0 aliphatic carbocycles. The van der Waals surface area contributed by atoms with Crippen molar-refractivity contribution >= 4 is 23.1 Å². The SMILES string of the molecule is C[CH-]CC(C)CC(C)CCCOCOCCC.[I-].[Mg+2]. The average molecular weight is 395 g/mol. The standard InChI is InChI=1S/C15H31O2.HI.Mg/c1-5-8-14(3)12-15(4)9-7-11-17-13-16-10-6-2;;/h5,14-15H,6-13H2,1-4H3;1H;/q-1;;+2/p-1. The molecular formula is C15H31IMgO2. The fourth-order valence-corrected chi connectivity index (χ4v) is 2.16. The minimum absolute atomic E-state index is 0. The number of halogens is 1. The predicted octanol–water partition coefficient (Wildman–Crippen LogP) is 1.07.